The summed E-state index contributed by atoms with van der Waals surface area (Å²) in [7, 11) is 2.16. The van der Waals surface area contributed by atoms with Crippen LogP contribution in [0.25, 0.3) is 10.8 Å². The van der Waals surface area contributed by atoms with E-state index in [9.17, 15) is 0 Å². The van der Waals surface area contributed by atoms with Crippen molar-refractivity contribution in [2.45, 2.75) is 32.7 Å². The molecule has 0 fully saturated rings. The molecule has 96 valence electrons. The van der Waals surface area contributed by atoms with Crippen LogP contribution in [0.3, 0.4) is 0 Å². The van der Waals surface area contributed by atoms with Crippen LogP contribution in [0.15, 0.2) is 30.6 Å². The maximum Gasteiger partial charge on any atom is 0.0448 e. The fourth-order valence-corrected chi connectivity index (χ4v) is 2.54. The Kier molecular flexibility index (Phi) is 3.70. The summed E-state index contributed by atoms with van der Waals surface area (Å²) >= 11 is 0. The Morgan fingerprint density at radius 1 is 1.17 bits per heavy atom. The van der Waals surface area contributed by atoms with Gasteiger partial charge in [0, 0.05) is 47.6 Å². The normalized spacial score (nSPS) is 11.1. The highest BCUT2D eigenvalue weighted by atomic mass is 15.1. The molecule has 0 amide bonds. The highest BCUT2D eigenvalue weighted by molar-refractivity contribution is 6.00. The summed E-state index contributed by atoms with van der Waals surface area (Å²) in [5, 5.41) is 2.22. The van der Waals surface area contributed by atoms with Crippen molar-refractivity contribution in [1.29, 1.82) is 0 Å². The van der Waals surface area contributed by atoms with Gasteiger partial charge in [-0.3, -0.25) is 4.98 Å². The summed E-state index contributed by atoms with van der Waals surface area (Å²) in [4.78, 5) is 6.51. The number of fused-ring (bicyclic) bond motifs is 1. The van der Waals surface area contributed by atoms with E-state index in [0.29, 0.717) is 6.04 Å². The molecule has 2 aromatic rings. The number of hydrogen-bond acceptors (Lipinski definition) is 3. The van der Waals surface area contributed by atoms with Gasteiger partial charge >= 0.3 is 0 Å². The SMILES string of the molecule is CCC(CC)N(C)c1ccc(N)c2cnccc12. The minimum absolute atomic E-state index is 0.560. The second kappa shape index (κ2) is 5.25. The van der Waals surface area contributed by atoms with Crippen molar-refractivity contribution in [2.24, 2.45) is 0 Å². The number of anilines is 2. The molecule has 0 atom stereocenters. The molecule has 3 nitrogen and oxygen atoms in total. The predicted octanol–water partition coefficient (Wildman–Crippen LogP) is 3.44. The van der Waals surface area contributed by atoms with E-state index in [4.69, 9.17) is 5.73 Å². The number of hydrogen-bond donors (Lipinski definition) is 1. The monoisotopic (exact) mass is 243 g/mol. The third-order valence-corrected chi connectivity index (χ3v) is 3.70. The molecule has 0 saturated carbocycles. The maximum absolute atomic E-state index is 6.01. The number of nitrogens with zero attached hydrogens (tertiary/aromatic N) is 2. The van der Waals surface area contributed by atoms with E-state index in [1.165, 1.54) is 11.1 Å². The van der Waals surface area contributed by atoms with Crippen LogP contribution in [0.2, 0.25) is 0 Å². The van der Waals surface area contributed by atoms with Crippen molar-refractivity contribution < 1.29 is 0 Å². The first-order valence-corrected chi connectivity index (χ1v) is 6.54. The van der Waals surface area contributed by atoms with Gasteiger partial charge < -0.3 is 10.6 Å². The van der Waals surface area contributed by atoms with Gasteiger partial charge in [-0.1, -0.05) is 13.8 Å². The summed E-state index contributed by atoms with van der Waals surface area (Å²) in [5.74, 6) is 0. The minimum Gasteiger partial charge on any atom is -0.398 e. The zero-order valence-electron chi connectivity index (χ0n) is 11.4. The topological polar surface area (TPSA) is 42.1 Å². The molecule has 0 spiro atoms. The zero-order chi connectivity index (χ0) is 13.1. The maximum atomic E-state index is 6.01. The molecule has 18 heavy (non-hydrogen) atoms. The summed E-state index contributed by atoms with van der Waals surface area (Å²) in [6.07, 6.45) is 5.95. The van der Waals surface area contributed by atoms with E-state index < -0.39 is 0 Å². The molecule has 2 N–H and O–H groups in total. The first-order valence-electron chi connectivity index (χ1n) is 6.54. The van der Waals surface area contributed by atoms with Crippen molar-refractivity contribution >= 4 is 22.1 Å². The molecule has 0 aliphatic heterocycles. The number of benzene rings is 1. The second-order valence-electron chi connectivity index (χ2n) is 4.68. The fourth-order valence-electron chi connectivity index (χ4n) is 2.54. The van der Waals surface area contributed by atoms with Gasteiger partial charge in [0.1, 0.15) is 0 Å². The van der Waals surface area contributed by atoms with E-state index in [1.807, 2.05) is 24.5 Å². The van der Waals surface area contributed by atoms with Crippen LogP contribution in [0.5, 0.6) is 0 Å². The summed E-state index contributed by atoms with van der Waals surface area (Å²) < 4.78 is 0. The Morgan fingerprint density at radius 2 is 1.89 bits per heavy atom. The largest absolute Gasteiger partial charge is 0.398 e. The summed E-state index contributed by atoms with van der Waals surface area (Å²) in [5.41, 5.74) is 8.03. The van der Waals surface area contributed by atoms with Crippen LogP contribution in [-0.4, -0.2) is 18.1 Å². The van der Waals surface area contributed by atoms with Gasteiger partial charge in [0.25, 0.3) is 0 Å². The van der Waals surface area contributed by atoms with Crippen molar-refractivity contribution in [2.75, 3.05) is 17.7 Å². The molecule has 0 unspecified atom stereocenters. The minimum atomic E-state index is 0.560. The lowest BCUT2D eigenvalue weighted by Crippen LogP contribution is -2.30. The van der Waals surface area contributed by atoms with E-state index in [2.05, 4.69) is 36.8 Å². The molecule has 0 radical (unpaired) electrons. The van der Waals surface area contributed by atoms with Gasteiger partial charge in [0.2, 0.25) is 0 Å². The number of nitrogen functional groups attached to an aromatic ring is 1. The van der Waals surface area contributed by atoms with Crippen molar-refractivity contribution in [3.8, 4) is 0 Å². The van der Waals surface area contributed by atoms with Crippen LogP contribution >= 0.6 is 0 Å². The molecule has 1 aromatic heterocycles. The van der Waals surface area contributed by atoms with E-state index in [0.717, 1.165) is 23.9 Å². The molecule has 2 rings (SSSR count). The molecular weight excluding hydrogens is 222 g/mol. The average Bonchev–Trinajstić information content (AvgIpc) is 2.41. The van der Waals surface area contributed by atoms with Gasteiger partial charge in [-0.25, -0.2) is 0 Å². The van der Waals surface area contributed by atoms with Crippen molar-refractivity contribution in [1.82, 2.24) is 4.98 Å². The highest BCUT2D eigenvalue weighted by Gasteiger charge is 2.14. The Morgan fingerprint density at radius 3 is 2.56 bits per heavy atom. The molecule has 1 aromatic carbocycles. The van der Waals surface area contributed by atoms with E-state index in [-0.39, 0.29) is 0 Å². The molecule has 0 bridgehead atoms. The Labute approximate surface area is 109 Å². The third-order valence-electron chi connectivity index (χ3n) is 3.70. The second-order valence-corrected chi connectivity index (χ2v) is 4.68. The summed E-state index contributed by atoms with van der Waals surface area (Å²) in [6, 6.07) is 6.68. The lowest BCUT2D eigenvalue weighted by Gasteiger charge is -2.29. The van der Waals surface area contributed by atoms with Gasteiger partial charge in [-0.2, -0.15) is 0 Å². The molecule has 3 heteroatoms. The highest BCUT2D eigenvalue weighted by Crippen LogP contribution is 2.31. The lowest BCUT2D eigenvalue weighted by molar-refractivity contribution is 0.593. The molecule has 0 saturated heterocycles. The lowest BCUT2D eigenvalue weighted by atomic mass is 10.1. The zero-order valence-corrected chi connectivity index (χ0v) is 11.4. The third kappa shape index (κ3) is 2.13. The molecule has 0 aliphatic carbocycles. The van der Waals surface area contributed by atoms with Crippen LogP contribution in [0, 0.1) is 0 Å². The first kappa shape index (κ1) is 12.7. The average molecular weight is 243 g/mol. The Hall–Kier alpha value is -1.77. The molecule has 0 aliphatic rings. The fraction of sp³-hybridized carbons (Fsp3) is 0.400. The standard InChI is InChI=1S/C15H21N3/c1-4-11(5-2)18(3)15-7-6-14(16)13-10-17-9-8-12(13)15/h6-11H,4-5,16H2,1-3H3. The van der Waals surface area contributed by atoms with Gasteiger partial charge in [-0.15, -0.1) is 0 Å². The predicted molar refractivity (Wildman–Crippen MR) is 78.9 cm³/mol. The van der Waals surface area contributed by atoms with E-state index >= 15 is 0 Å². The molecule has 1 heterocycles. The van der Waals surface area contributed by atoms with Crippen LogP contribution in [0.4, 0.5) is 11.4 Å². The Balaban J connectivity index is 2.54. The van der Waals surface area contributed by atoms with Crippen molar-refractivity contribution in [3.05, 3.63) is 30.6 Å². The van der Waals surface area contributed by atoms with E-state index in [1.54, 1.807) is 0 Å². The smallest absolute Gasteiger partial charge is 0.0448 e. The van der Waals surface area contributed by atoms with Gasteiger partial charge in [0.15, 0.2) is 0 Å². The van der Waals surface area contributed by atoms with Gasteiger partial charge in [0.05, 0.1) is 0 Å². The quantitative estimate of drug-likeness (QED) is 0.836. The van der Waals surface area contributed by atoms with Crippen LogP contribution in [-0.2, 0) is 0 Å². The number of nitrogens with two attached hydrogens (primary N) is 1. The summed E-state index contributed by atoms with van der Waals surface area (Å²) in [6.45, 7) is 4.46. The Bertz CT molecular complexity index is 532. The van der Waals surface area contributed by atoms with Crippen molar-refractivity contribution in [3.63, 3.8) is 0 Å². The number of pyridine rings is 1. The van der Waals surface area contributed by atoms with Crippen LogP contribution < -0.4 is 10.6 Å². The number of aromatic nitrogens is 1. The first-order chi connectivity index (χ1) is 8.69. The number of rotatable bonds is 4. The molecular formula is C15H21N3. The van der Waals surface area contributed by atoms with Gasteiger partial charge in [-0.05, 0) is 31.0 Å². The van der Waals surface area contributed by atoms with Crippen LogP contribution in [0.1, 0.15) is 26.7 Å².